The highest BCUT2D eigenvalue weighted by atomic mass is 35.5. The third-order valence-electron chi connectivity index (χ3n) is 3.53. The largest absolute Gasteiger partial charge is 0.352 e. The van der Waals surface area contributed by atoms with Gasteiger partial charge in [-0.1, -0.05) is 23.2 Å². The molecular weight excluding hydrogens is 355 g/mol. The van der Waals surface area contributed by atoms with Gasteiger partial charge in [0, 0.05) is 24.7 Å². The van der Waals surface area contributed by atoms with Crippen LogP contribution in [0.4, 0.5) is 5.69 Å². The van der Waals surface area contributed by atoms with Gasteiger partial charge in [0.05, 0.1) is 21.3 Å². The van der Waals surface area contributed by atoms with Crippen LogP contribution in [0.1, 0.15) is 28.2 Å². The molecule has 0 fully saturated rings. The summed E-state index contributed by atoms with van der Waals surface area (Å²) < 4.78 is 1.79. The van der Waals surface area contributed by atoms with Gasteiger partial charge in [0.1, 0.15) is 5.02 Å². The van der Waals surface area contributed by atoms with Crippen molar-refractivity contribution >= 4 is 34.8 Å². The minimum absolute atomic E-state index is 0.00189. The van der Waals surface area contributed by atoms with E-state index in [0.29, 0.717) is 24.5 Å². The molecule has 0 aliphatic rings. The highest BCUT2D eigenvalue weighted by Gasteiger charge is 2.16. The molecule has 0 radical (unpaired) electrons. The molecule has 128 valence electrons. The van der Waals surface area contributed by atoms with Crippen LogP contribution in [-0.2, 0) is 6.54 Å². The molecule has 0 saturated carbocycles. The molecule has 9 heteroatoms. The number of nitro benzene ring substituents is 1. The SMILES string of the molecule is Cc1nn(CCCNC(=O)c2ccc(Cl)c([N+](=O)[O-])c2)c(C)c1Cl. The summed E-state index contributed by atoms with van der Waals surface area (Å²) in [4.78, 5) is 22.3. The van der Waals surface area contributed by atoms with Gasteiger partial charge in [0.15, 0.2) is 0 Å². The number of carbonyl (C=O) groups excluding carboxylic acids is 1. The van der Waals surface area contributed by atoms with Gasteiger partial charge in [-0.15, -0.1) is 0 Å². The molecule has 0 saturated heterocycles. The van der Waals surface area contributed by atoms with Crippen LogP contribution in [0.3, 0.4) is 0 Å². The van der Waals surface area contributed by atoms with Gasteiger partial charge < -0.3 is 5.32 Å². The number of nitro groups is 1. The van der Waals surface area contributed by atoms with Crippen LogP contribution in [0.2, 0.25) is 10.0 Å². The predicted molar refractivity (Wildman–Crippen MR) is 91.8 cm³/mol. The molecule has 7 nitrogen and oxygen atoms in total. The second-order valence-electron chi connectivity index (χ2n) is 5.24. The fraction of sp³-hybridized carbons (Fsp3) is 0.333. The number of aryl methyl sites for hydroxylation is 2. The number of halogens is 2. The quantitative estimate of drug-likeness (QED) is 0.478. The number of hydrogen-bond donors (Lipinski definition) is 1. The zero-order valence-corrected chi connectivity index (χ0v) is 14.7. The summed E-state index contributed by atoms with van der Waals surface area (Å²) in [6, 6.07) is 3.95. The van der Waals surface area contributed by atoms with Crippen LogP contribution >= 0.6 is 23.2 Å². The van der Waals surface area contributed by atoms with E-state index < -0.39 is 4.92 Å². The summed E-state index contributed by atoms with van der Waals surface area (Å²) in [6.45, 7) is 4.74. The van der Waals surface area contributed by atoms with Crippen LogP contribution in [0.25, 0.3) is 0 Å². The van der Waals surface area contributed by atoms with Crippen molar-refractivity contribution in [3.63, 3.8) is 0 Å². The highest BCUT2D eigenvalue weighted by molar-refractivity contribution is 6.32. The lowest BCUT2D eigenvalue weighted by molar-refractivity contribution is -0.384. The average Bonchev–Trinajstić information content (AvgIpc) is 2.78. The van der Waals surface area contributed by atoms with E-state index in [2.05, 4.69) is 10.4 Å². The molecule has 2 rings (SSSR count). The number of nitrogens with zero attached hydrogens (tertiary/aromatic N) is 3. The van der Waals surface area contributed by atoms with E-state index >= 15 is 0 Å². The van der Waals surface area contributed by atoms with E-state index in [1.54, 1.807) is 4.68 Å². The molecule has 0 atom stereocenters. The van der Waals surface area contributed by atoms with Gasteiger partial charge in [0.2, 0.25) is 0 Å². The minimum Gasteiger partial charge on any atom is -0.352 e. The zero-order chi connectivity index (χ0) is 17.9. The molecule has 24 heavy (non-hydrogen) atoms. The molecule has 1 amide bonds. The van der Waals surface area contributed by atoms with E-state index in [0.717, 1.165) is 11.4 Å². The fourth-order valence-corrected chi connectivity index (χ4v) is 2.54. The second kappa shape index (κ2) is 7.63. The first kappa shape index (κ1) is 18.2. The van der Waals surface area contributed by atoms with E-state index in [4.69, 9.17) is 23.2 Å². The highest BCUT2D eigenvalue weighted by Crippen LogP contribution is 2.25. The average molecular weight is 371 g/mol. The standard InChI is InChI=1S/C15H16Cl2N4O3/c1-9-14(17)10(2)20(19-9)7-3-6-18-15(22)11-4-5-12(16)13(8-11)21(23)24/h4-5,8H,3,6-7H2,1-2H3,(H,18,22). The Bertz CT molecular complexity index is 789. The smallest absolute Gasteiger partial charge is 0.288 e. The molecular formula is C15H16Cl2N4O3. The monoisotopic (exact) mass is 370 g/mol. The lowest BCUT2D eigenvalue weighted by atomic mass is 10.2. The summed E-state index contributed by atoms with van der Waals surface area (Å²) in [6.07, 6.45) is 0.652. The van der Waals surface area contributed by atoms with Crippen LogP contribution in [0.15, 0.2) is 18.2 Å². The summed E-state index contributed by atoms with van der Waals surface area (Å²) in [5.74, 6) is -0.388. The maximum absolute atomic E-state index is 12.0. The van der Waals surface area contributed by atoms with Gasteiger partial charge in [0.25, 0.3) is 11.6 Å². The molecule has 1 N–H and O–H groups in total. The minimum atomic E-state index is -0.619. The van der Waals surface area contributed by atoms with Crippen molar-refractivity contribution in [3.8, 4) is 0 Å². The van der Waals surface area contributed by atoms with E-state index in [-0.39, 0.29) is 22.2 Å². The Morgan fingerprint density at radius 2 is 2.08 bits per heavy atom. The van der Waals surface area contributed by atoms with Crippen LogP contribution in [-0.4, -0.2) is 27.2 Å². The molecule has 1 heterocycles. The molecule has 1 aromatic heterocycles. The second-order valence-corrected chi connectivity index (χ2v) is 6.03. The molecule has 0 spiro atoms. The first-order valence-corrected chi connectivity index (χ1v) is 7.98. The van der Waals surface area contributed by atoms with Gasteiger partial charge in [-0.2, -0.15) is 5.10 Å². The van der Waals surface area contributed by atoms with Crippen molar-refractivity contribution < 1.29 is 9.72 Å². The maximum Gasteiger partial charge on any atom is 0.288 e. The van der Waals surface area contributed by atoms with Gasteiger partial charge in [-0.3, -0.25) is 19.6 Å². The van der Waals surface area contributed by atoms with Crippen molar-refractivity contribution in [2.75, 3.05) is 6.54 Å². The maximum atomic E-state index is 12.0. The van der Waals surface area contributed by atoms with E-state index in [1.807, 2.05) is 13.8 Å². The lowest BCUT2D eigenvalue weighted by Gasteiger charge is -2.07. The number of benzene rings is 1. The number of aromatic nitrogens is 2. The van der Waals surface area contributed by atoms with Crippen LogP contribution < -0.4 is 5.32 Å². The van der Waals surface area contributed by atoms with E-state index in [9.17, 15) is 14.9 Å². The molecule has 0 unspecified atom stereocenters. The van der Waals surface area contributed by atoms with Crippen LogP contribution in [0, 0.1) is 24.0 Å². The van der Waals surface area contributed by atoms with Gasteiger partial charge in [-0.25, -0.2) is 0 Å². The Kier molecular flexibility index (Phi) is 5.80. The zero-order valence-electron chi connectivity index (χ0n) is 13.2. The Balaban J connectivity index is 1.90. The summed E-state index contributed by atoms with van der Waals surface area (Å²) in [7, 11) is 0. The number of hydrogen-bond acceptors (Lipinski definition) is 4. The molecule has 0 aliphatic carbocycles. The number of carbonyl (C=O) groups is 1. The summed E-state index contributed by atoms with van der Waals surface area (Å²) in [5.41, 5.74) is 1.56. The Hall–Kier alpha value is -2.12. The molecule has 0 bridgehead atoms. The van der Waals surface area contributed by atoms with E-state index in [1.165, 1.54) is 18.2 Å². The van der Waals surface area contributed by atoms with Crippen molar-refractivity contribution in [1.29, 1.82) is 0 Å². The van der Waals surface area contributed by atoms with Crippen molar-refractivity contribution in [2.45, 2.75) is 26.8 Å². The lowest BCUT2D eigenvalue weighted by Crippen LogP contribution is -2.25. The topological polar surface area (TPSA) is 90.1 Å². The third kappa shape index (κ3) is 4.04. The Morgan fingerprint density at radius 3 is 2.67 bits per heavy atom. The summed E-state index contributed by atoms with van der Waals surface area (Å²) in [5, 5.41) is 18.5. The van der Waals surface area contributed by atoms with Crippen molar-refractivity contribution in [1.82, 2.24) is 15.1 Å². The molecule has 1 aromatic carbocycles. The van der Waals surface area contributed by atoms with Crippen molar-refractivity contribution in [3.05, 3.63) is 55.3 Å². The number of rotatable bonds is 6. The third-order valence-corrected chi connectivity index (χ3v) is 4.40. The molecule has 0 aliphatic heterocycles. The van der Waals surface area contributed by atoms with Gasteiger partial charge in [-0.05, 0) is 32.4 Å². The first-order valence-electron chi connectivity index (χ1n) is 7.23. The number of amides is 1. The first-order chi connectivity index (χ1) is 11.3. The Labute approximate surface area is 148 Å². The van der Waals surface area contributed by atoms with Crippen LogP contribution in [0.5, 0.6) is 0 Å². The summed E-state index contributed by atoms with van der Waals surface area (Å²) >= 11 is 11.8. The predicted octanol–water partition coefficient (Wildman–Crippen LogP) is 3.54. The van der Waals surface area contributed by atoms with Crippen molar-refractivity contribution in [2.24, 2.45) is 0 Å². The fourth-order valence-electron chi connectivity index (χ4n) is 2.22. The normalized spacial score (nSPS) is 10.7. The number of nitrogens with one attached hydrogen (secondary N) is 1. The Morgan fingerprint density at radius 1 is 1.38 bits per heavy atom. The van der Waals surface area contributed by atoms with Gasteiger partial charge >= 0.3 is 0 Å². The molecule has 2 aromatic rings.